The number of H-pyrrole nitrogens is 1. The number of amides is 1. The third-order valence-corrected chi connectivity index (χ3v) is 17.6. The van der Waals surface area contributed by atoms with Gasteiger partial charge < -0.3 is 34.9 Å². The number of nitrogens with two attached hydrogens (primary N) is 1. The number of aliphatic imine (C=N–C) groups is 1. The van der Waals surface area contributed by atoms with Crippen molar-refractivity contribution in [2.24, 2.45) is 16.6 Å². The second kappa shape index (κ2) is 17.4. The summed E-state index contributed by atoms with van der Waals surface area (Å²) >= 11 is 0. The number of rotatable bonds is 11. The SMILES string of the molecule is CCP(=O)(c1ccc(-n2ccn(C(=Nc3cc(C)c(F)c(C)c3)C3=C(N)CCN(C(=O)c4cc5cc(C6CCOCC6)ccc5n4[C@@]4(c5noc(=O)[nH]5)C[C@@H]4C)[C@H]3C)c2=O)cc1NC)C(C)O. The summed E-state index contributed by atoms with van der Waals surface area (Å²) in [6.07, 6.45) is 6.04. The monoisotopic (exact) mass is 933 g/mol. The van der Waals surface area contributed by atoms with Crippen molar-refractivity contribution in [1.82, 2.24) is 28.7 Å². The number of fused-ring (bicyclic) bond motifs is 1. The normalized spacial score (nSPS) is 21.7. The van der Waals surface area contributed by atoms with Crippen LogP contribution in [-0.2, 0) is 14.8 Å². The molecule has 2 fully saturated rings. The zero-order valence-corrected chi connectivity index (χ0v) is 39.7. The first-order valence-corrected chi connectivity index (χ1v) is 24.8. The predicted octanol–water partition coefficient (Wildman–Crippen LogP) is 6.82. The minimum absolute atomic E-state index is 0.0116. The smallest absolute Gasteiger partial charge is 0.402 e. The number of aliphatic hydroxyl groups excluding tert-OH is 1. The molecule has 5 atom stereocenters. The molecule has 352 valence electrons. The Labute approximate surface area is 386 Å². The third kappa shape index (κ3) is 7.70. The molecular weight excluding hydrogens is 877 g/mol. The van der Waals surface area contributed by atoms with Gasteiger partial charge in [-0.2, -0.15) is 0 Å². The maximum Gasteiger partial charge on any atom is 0.438 e. The molecule has 67 heavy (non-hydrogen) atoms. The van der Waals surface area contributed by atoms with Crippen molar-refractivity contribution in [3.05, 3.63) is 133 Å². The van der Waals surface area contributed by atoms with Gasteiger partial charge in [-0.05, 0) is 124 Å². The summed E-state index contributed by atoms with van der Waals surface area (Å²) in [5.41, 5.74) is 10.9. The number of halogens is 1. The van der Waals surface area contributed by atoms with E-state index >= 15 is 9.18 Å². The van der Waals surface area contributed by atoms with Gasteiger partial charge >= 0.3 is 11.4 Å². The molecule has 3 aliphatic rings. The number of aliphatic hydroxyl groups is 1. The number of benzene rings is 3. The second-order valence-electron chi connectivity index (χ2n) is 18.3. The summed E-state index contributed by atoms with van der Waals surface area (Å²) in [5.74, 6) is -1.64. The lowest BCUT2D eigenvalue weighted by atomic mass is 9.91. The first kappa shape index (κ1) is 45.8. The van der Waals surface area contributed by atoms with Gasteiger partial charge in [-0.1, -0.05) is 25.1 Å². The second-order valence-corrected chi connectivity index (χ2v) is 21.7. The fraction of sp³-hybridized carbons (Fsp3) is 0.408. The highest BCUT2D eigenvalue weighted by molar-refractivity contribution is 7.72. The third-order valence-electron chi connectivity index (χ3n) is 14.3. The number of carbonyl (C=O) groups is 1. The molecule has 1 saturated heterocycles. The Balaban J connectivity index is 1.16. The molecule has 1 saturated carbocycles. The number of ether oxygens (including phenoxy) is 1. The van der Waals surface area contributed by atoms with Gasteiger partial charge in [-0.3, -0.25) is 23.4 Å². The van der Waals surface area contributed by atoms with Crippen LogP contribution >= 0.6 is 7.14 Å². The van der Waals surface area contributed by atoms with Crippen LogP contribution in [0.2, 0.25) is 0 Å². The highest BCUT2D eigenvalue weighted by atomic mass is 31.2. The molecule has 1 aliphatic carbocycles. The van der Waals surface area contributed by atoms with Crippen LogP contribution in [-0.4, -0.2) is 90.4 Å². The molecule has 18 heteroatoms. The number of aryl methyl sites for hydroxylation is 2. The summed E-state index contributed by atoms with van der Waals surface area (Å²) in [6, 6.07) is 15.7. The van der Waals surface area contributed by atoms with Crippen LogP contribution in [0.25, 0.3) is 16.6 Å². The average molecular weight is 934 g/mol. The number of hydrogen-bond acceptors (Lipinski definition) is 11. The van der Waals surface area contributed by atoms with Crippen LogP contribution in [0.1, 0.15) is 92.3 Å². The van der Waals surface area contributed by atoms with E-state index in [1.165, 1.54) is 16.1 Å². The number of nitrogens with zero attached hydrogens (tertiary/aromatic N) is 6. The van der Waals surface area contributed by atoms with Crippen LogP contribution in [0.4, 0.5) is 15.8 Å². The van der Waals surface area contributed by atoms with E-state index in [-0.39, 0.29) is 42.6 Å². The van der Waals surface area contributed by atoms with Crippen molar-refractivity contribution in [1.29, 1.82) is 0 Å². The van der Waals surface area contributed by atoms with E-state index < -0.39 is 36.0 Å². The van der Waals surface area contributed by atoms with Crippen molar-refractivity contribution in [2.45, 2.75) is 90.6 Å². The van der Waals surface area contributed by atoms with E-state index in [1.807, 2.05) is 30.5 Å². The molecule has 2 aliphatic heterocycles. The number of imidazole rings is 1. The lowest BCUT2D eigenvalue weighted by Gasteiger charge is -2.37. The Kier molecular flexibility index (Phi) is 11.9. The van der Waals surface area contributed by atoms with E-state index in [0.717, 1.165) is 29.3 Å². The summed E-state index contributed by atoms with van der Waals surface area (Å²) in [4.78, 5) is 52.2. The first-order chi connectivity index (χ1) is 32.0. The molecular formula is C49H57FN9O7P. The zero-order valence-electron chi connectivity index (χ0n) is 38.8. The fourth-order valence-corrected chi connectivity index (χ4v) is 12.5. The highest BCUT2D eigenvalue weighted by Crippen LogP contribution is 2.56. The molecule has 0 spiro atoms. The quantitative estimate of drug-likeness (QED) is 0.0606. The lowest BCUT2D eigenvalue weighted by Crippen LogP contribution is -2.49. The number of aromatic nitrogens is 5. The minimum Gasteiger partial charge on any atom is -0.402 e. The molecule has 1 amide bonds. The van der Waals surface area contributed by atoms with Crippen molar-refractivity contribution >= 4 is 46.5 Å². The van der Waals surface area contributed by atoms with Gasteiger partial charge in [0, 0.05) is 84.9 Å². The van der Waals surface area contributed by atoms with Gasteiger partial charge in [0.1, 0.15) is 35.9 Å². The van der Waals surface area contributed by atoms with Crippen LogP contribution < -0.4 is 27.8 Å². The standard InChI is InChI=1S/C49H57FN9O7P/c1-8-67(64,31(6)60)41-12-10-36(25-38(41)52-7)57-17-18-58(48(57)63)44(53-35-21-27(2)43(50)28(3)22-35)42-30(5)56(16-13-37(42)51)45(61)40-24-34-23-33(32-14-19-65-20-15-32)9-11-39(34)59(40)49(26-29(49)4)46-54-47(62)66-55-46/h9-12,17-18,21-25,29-32,52,60H,8,13-16,19-20,26,51H2,1-7H3,(H,54,55,62)/t29-,30-,31?,49-,67?/m0/s1. The Morgan fingerprint density at radius 2 is 1.81 bits per heavy atom. The summed E-state index contributed by atoms with van der Waals surface area (Å²) in [7, 11) is -1.51. The maximum atomic E-state index is 15.5. The first-order valence-electron chi connectivity index (χ1n) is 22.9. The number of carbonyl (C=O) groups excluding carboxylic acids is 1. The Morgan fingerprint density at radius 3 is 2.43 bits per heavy atom. The summed E-state index contributed by atoms with van der Waals surface area (Å²) < 4.78 is 44.4. The van der Waals surface area contributed by atoms with Crippen molar-refractivity contribution in [2.75, 3.05) is 38.3 Å². The number of aromatic amines is 1. The van der Waals surface area contributed by atoms with Gasteiger partial charge in [-0.15, -0.1) is 0 Å². The molecule has 2 unspecified atom stereocenters. The van der Waals surface area contributed by atoms with E-state index in [2.05, 4.69) is 27.6 Å². The van der Waals surface area contributed by atoms with Gasteiger partial charge in [-0.25, -0.2) is 19.0 Å². The molecule has 6 aromatic rings. The summed E-state index contributed by atoms with van der Waals surface area (Å²) in [6.45, 7) is 12.1. The molecule has 3 aromatic carbocycles. The number of anilines is 1. The Morgan fingerprint density at radius 1 is 1.09 bits per heavy atom. The van der Waals surface area contributed by atoms with Crippen LogP contribution in [0.15, 0.2) is 97.4 Å². The molecule has 0 radical (unpaired) electrons. The highest BCUT2D eigenvalue weighted by Gasteiger charge is 2.59. The number of nitrogens with one attached hydrogen (secondary N) is 2. The molecule has 5 heterocycles. The van der Waals surface area contributed by atoms with Gasteiger partial charge in [0.05, 0.1) is 17.4 Å². The van der Waals surface area contributed by atoms with Gasteiger partial charge in [0.2, 0.25) is 0 Å². The van der Waals surface area contributed by atoms with E-state index in [0.29, 0.717) is 81.8 Å². The van der Waals surface area contributed by atoms with Crippen LogP contribution in [0.5, 0.6) is 0 Å². The van der Waals surface area contributed by atoms with Crippen molar-refractivity contribution < 1.29 is 28.1 Å². The Hall–Kier alpha value is -6.29. The number of hydrogen-bond donors (Lipinski definition) is 4. The zero-order chi connectivity index (χ0) is 47.7. The average Bonchev–Trinajstić information content (AvgIpc) is 3.63. The van der Waals surface area contributed by atoms with Gasteiger partial charge in [0.25, 0.3) is 5.91 Å². The molecule has 3 aromatic heterocycles. The molecule has 0 bridgehead atoms. The van der Waals surface area contributed by atoms with E-state index in [9.17, 15) is 19.3 Å². The topological polar surface area (TPSA) is 208 Å². The molecule has 16 nitrogen and oxygen atoms in total. The predicted molar refractivity (Wildman–Crippen MR) is 256 cm³/mol. The van der Waals surface area contributed by atoms with Crippen LogP contribution in [0.3, 0.4) is 0 Å². The van der Waals surface area contributed by atoms with Crippen LogP contribution in [0, 0.1) is 25.6 Å². The summed E-state index contributed by atoms with van der Waals surface area (Å²) in [5, 5.41) is 19.1. The van der Waals surface area contributed by atoms with Crippen molar-refractivity contribution in [3.8, 4) is 5.69 Å². The van der Waals surface area contributed by atoms with Crippen molar-refractivity contribution in [3.63, 3.8) is 0 Å². The Bertz CT molecular complexity index is 3150. The largest absolute Gasteiger partial charge is 0.438 e. The fourth-order valence-electron chi connectivity index (χ4n) is 10.4. The minimum atomic E-state index is -3.20. The van der Waals surface area contributed by atoms with E-state index in [1.54, 1.807) is 75.4 Å². The maximum absolute atomic E-state index is 15.5. The lowest BCUT2D eigenvalue weighted by molar-refractivity contribution is 0.0697. The molecule has 5 N–H and O–H groups in total. The van der Waals surface area contributed by atoms with Gasteiger partial charge in [0.15, 0.2) is 5.82 Å². The van der Waals surface area contributed by atoms with E-state index in [4.69, 9.17) is 20.0 Å². The molecule has 9 rings (SSSR count).